The van der Waals surface area contributed by atoms with Gasteiger partial charge >= 0.3 is 0 Å². The number of likely N-dealkylation sites (tertiary alicyclic amines) is 1. The lowest BCUT2D eigenvalue weighted by molar-refractivity contribution is -0.0300. The standard InChI is InChI=1S/C27H29N5O3/c1-2-31(22-7-4-3-5-8-22)23-12-10-21(11-13-23)25(33)29-17-14-27(35,15-18-29)19-30-20-28-32-16-6-9-24(32)26(30)34/h3-13,16,20,35H,2,14-15,17-19H2,1H3. The lowest BCUT2D eigenvalue weighted by atomic mass is 9.91. The van der Waals surface area contributed by atoms with Crippen LogP contribution in [0.1, 0.15) is 30.1 Å². The number of nitrogens with zero attached hydrogens (tertiary/aromatic N) is 5. The van der Waals surface area contributed by atoms with E-state index in [2.05, 4.69) is 29.1 Å². The summed E-state index contributed by atoms with van der Waals surface area (Å²) in [6.07, 6.45) is 3.97. The molecule has 35 heavy (non-hydrogen) atoms. The predicted octanol–water partition coefficient (Wildman–Crippen LogP) is 3.32. The van der Waals surface area contributed by atoms with Crippen LogP contribution in [-0.2, 0) is 6.54 Å². The van der Waals surface area contributed by atoms with E-state index in [9.17, 15) is 14.7 Å². The molecule has 1 saturated heterocycles. The topological polar surface area (TPSA) is 83.1 Å². The van der Waals surface area contributed by atoms with Gasteiger partial charge in [0, 0.05) is 42.8 Å². The molecule has 0 radical (unpaired) electrons. The second-order valence-corrected chi connectivity index (χ2v) is 9.05. The van der Waals surface area contributed by atoms with Gasteiger partial charge in [-0.1, -0.05) is 18.2 Å². The van der Waals surface area contributed by atoms with Gasteiger partial charge in [-0.3, -0.25) is 14.2 Å². The molecule has 0 saturated carbocycles. The normalized spacial score (nSPS) is 15.3. The van der Waals surface area contributed by atoms with Crippen molar-refractivity contribution in [2.45, 2.75) is 31.9 Å². The average Bonchev–Trinajstić information content (AvgIpc) is 3.37. The largest absolute Gasteiger partial charge is 0.388 e. The van der Waals surface area contributed by atoms with Crippen molar-refractivity contribution < 1.29 is 9.90 Å². The highest BCUT2D eigenvalue weighted by atomic mass is 16.3. The number of benzene rings is 2. The summed E-state index contributed by atoms with van der Waals surface area (Å²) in [5.74, 6) is -0.0465. The number of carbonyl (C=O) groups excluding carboxylic acids is 1. The highest BCUT2D eigenvalue weighted by Gasteiger charge is 2.35. The molecule has 180 valence electrons. The Morgan fingerprint density at radius 2 is 1.69 bits per heavy atom. The fourth-order valence-electron chi connectivity index (χ4n) is 4.76. The molecule has 1 N–H and O–H groups in total. The lowest BCUT2D eigenvalue weighted by Gasteiger charge is -2.38. The van der Waals surface area contributed by atoms with Crippen molar-refractivity contribution >= 4 is 22.8 Å². The van der Waals surface area contributed by atoms with Gasteiger partial charge in [-0.2, -0.15) is 5.10 Å². The zero-order valence-corrected chi connectivity index (χ0v) is 19.7. The molecule has 2 aromatic carbocycles. The monoisotopic (exact) mass is 471 g/mol. The van der Waals surface area contributed by atoms with Gasteiger partial charge in [0.25, 0.3) is 11.5 Å². The first-order chi connectivity index (χ1) is 17.0. The van der Waals surface area contributed by atoms with Crippen molar-refractivity contribution in [2.75, 3.05) is 24.5 Å². The Kier molecular flexibility index (Phi) is 6.13. The summed E-state index contributed by atoms with van der Waals surface area (Å²) in [4.78, 5) is 29.8. The van der Waals surface area contributed by atoms with E-state index >= 15 is 0 Å². The Bertz CT molecular complexity index is 1370. The summed E-state index contributed by atoms with van der Waals surface area (Å²) in [5.41, 5.74) is 1.99. The van der Waals surface area contributed by atoms with E-state index < -0.39 is 5.60 Å². The number of aromatic nitrogens is 3. The highest BCUT2D eigenvalue weighted by Crippen LogP contribution is 2.27. The van der Waals surface area contributed by atoms with E-state index in [0.29, 0.717) is 37.0 Å². The Hall–Kier alpha value is -3.91. The first-order valence-electron chi connectivity index (χ1n) is 11.9. The van der Waals surface area contributed by atoms with Crippen molar-refractivity contribution in [1.29, 1.82) is 0 Å². The molecule has 0 bridgehead atoms. The molecule has 0 unspecified atom stereocenters. The van der Waals surface area contributed by atoms with Gasteiger partial charge < -0.3 is 14.9 Å². The Balaban J connectivity index is 1.24. The third kappa shape index (κ3) is 4.57. The minimum atomic E-state index is -1.06. The minimum Gasteiger partial charge on any atom is -0.388 e. The molecule has 4 aromatic rings. The van der Waals surface area contributed by atoms with Gasteiger partial charge in [0.2, 0.25) is 0 Å². The molecule has 0 spiro atoms. The van der Waals surface area contributed by atoms with Crippen LogP contribution in [0.5, 0.6) is 0 Å². The number of hydrogen-bond acceptors (Lipinski definition) is 5. The van der Waals surface area contributed by atoms with Crippen LogP contribution in [-0.4, -0.2) is 55.3 Å². The number of carbonyl (C=O) groups is 1. The second kappa shape index (κ2) is 9.38. The van der Waals surface area contributed by atoms with Crippen LogP contribution in [0.2, 0.25) is 0 Å². The number of piperidine rings is 1. The average molecular weight is 472 g/mol. The Morgan fingerprint density at radius 1 is 1.00 bits per heavy atom. The third-order valence-electron chi connectivity index (χ3n) is 6.78. The maximum absolute atomic E-state index is 13.1. The van der Waals surface area contributed by atoms with Gasteiger partial charge in [0.15, 0.2) is 0 Å². The van der Waals surface area contributed by atoms with E-state index in [1.165, 1.54) is 15.4 Å². The molecular formula is C27H29N5O3. The summed E-state index contributed by atoms with van der Waals surface area (Å²) >= 11 is 0. The summed E-state index contributed by atoms with van der Waals surface area (Å²) < 4.78 is 2.98. The summed E-state index contributed by atoms with van der Waals surface area (Å²) in [5, 5.41) is 15.4. The Morgan fingerprint density at radius 3 is 2.37 bits per heavy atom. The van der Waals surface area contributed by atoms with Crippen LogP contribution in [0.25, 0.3) is 5.52 Å². The quantitative estimate of drug-likeness (QED) is 0.467. The first kappa shape index (κ1) is 22.9. The fourth-order valence-corrected chi connectivity index (χ4v) is 4.76. The number of para-hydroxylation sites is 1. The van der Waals surface area contributed by atoms with E-state index in [1.807, 2.05) is 42.5 Å². The summed E-state index contributed by atoms with van der Waals surface area (Å²) in [7, 11) is 0. The van der Waals surface area contributed by atoms with Crippen LogP contribution in [0.15, 0.2) is 84.0 Å². The molecule has 1 aliphatic heterocycles. The molecule has 8 nitrogen and oxygen atoms in total. The van der Waals surface area contributed by atoms with E-state index in [0.717, 1.165) is 17.9 Å². The van der Waals surface area contributed by atoms with E-state index in [-0.39, 0.29) is 18.0 Å². The van der Waals surface area contributed by atoms with Gasteiger partial charge in [-0.05, 0) is 68.3 Å². The molecule has 8 heteroatoms. The zero-order chi connectivity index (χ0) is 24.4. The number of hydrogen-bond donors (Lipinski definition) is 1. The smallest absolute Gasteiger partial charge is 0.277 e. The number of anilines is 2. The minimum absolute atomic E-state index is 0.0465. The molecule has 1 aliphatic rings. The van der Waals surface area contributed by atoms with Crippen molar-refractivity contribution in [3.05, 3.63) is 95.2 Å². The summed E-state index contributed by atoms with van der Waals surface area (Å²) in [6, 6.07) is 21.3. The number of aliphatic hydroxyl groups is 1. The van der Waals surface area contributed by atoms with Crippen LogP contribution in [0, 0.1) is 0 Å². The predicted molar refractivity (Wildman–Crippen MR) is 135 cm³/mol. The molecule has 1 fully saturated rings. The number of fused-ring (bicyclic) bond motifs is 1. The molecule has 5 rings (SSSR count). The van der Waals surface area contributed by atoms with Gasteiger partial charge in [0.05, 0.1) is 12.1 Å². The first-order valence-corrected chi connectivity index (χ1v) is 11.9. The van der Waals surface area contributed by atoms with Crippen molar-refractivity contribution in [1.82, 2.24) is 19.1 Å². The molecular weight excluding hydrogens is 442 g/mol. The maximum atomic E-state index is 13.1. The van der Waals surface area contributed by atoms with Crippen molar-refractivity contribution in [3.63, 3.8) is 0 Å². The van der Waals surface area contributed by atoms with Crippen LogP contribution in [0.3, 0.4) is 0 Å². The fraction of sp³-hybridized carbons (Fsp3) is 0.296. The summed E-state index contributed by atoms with van der Waals surface area (Å²) in [6.45, 7) is 3.93. The molecule has 2 aromatic heterocycles. The second-order valence-electron chi connectivity index (χ2n) is 9.05. The van der Waals surface area contributed by atoms with Crippen LogP contribution in [0.4, 0.5) is 11.4 Å². The number of rotatable bonds is 6. The Labute approximate surface area is 203 Å². The van der Waals surface area contributed by atoms with E-state index in [4.69, 9.17) is 0 Å². The van der Waals surface area contributed by atoms with Gasteiger partial charge in [0.1, 0.15) is 11.8 Å². The third-order valence-corrected chi connectivity index (χ3v) is 6.78. The van der Waals surface area contributed by atoms with Gasteiger partial charge in [-0.25, -0.2) is 4.52 Å². The van der Waals surface area contributed by atoms with E-state index in [1.54, 1.807) is 23.2 Å². The highest BCUT2D eigenvalue weighted by molar-refractivity contribution is 5.94. The van der Waals surface area contributed by atoms with Gasteiger partial charge in [-0.15, -0.1) is 0 Å². The van der Waals surface area contributed by atoms with Crippen LogP contribution >= 0.6 is 0 Å². The lowest BCUT2D eigenvalue weighted by Crippen LogP contribution is -2.49. The van der Waals surface area contributed by atoms with Crippen LogP contribution < -0.4 is 10.5 Å². The van der Waals surface area contributed by atoms with Crippen molar-refractivity contribution in [2.24, 2.45) is 0 Å². The molecule has 0 aliphatic carbocycles. The van der Waals surface area contributed by atoms with Crippen molar-refractivity contribution in [3.8, 4) is 0 Å². The SMILES string of the molecule is CCN(c1ccccc1)c1ccc(C(=O)N2CCC(O)(Cn3cnn4cccc4c3=O)CC2)cc1. The maximum Gasteiger partial charge on any atom is 0.277 e. The molecule has 0 atom stereocenters. The number of amides is 1. The molecule has 1 amide bonds. The molecule has 3 heterocycles. The zero-order valence-electron chi connectivity index (χ0n) is 19.7.